The van der Waals surface area contributed by atoms with Crippen LogP contribution in [0.25, 0.3) is 6.08 Å². The van der Waals surface area contributed by atoms with Crippen LogP contribution in [0.3, 0.4) is 0 Å². The minimum Gasteiger partial charge on any atom is -0.491 e. The lowest BCUT2D eigenvalue weighted by atomic mass is 10.1. The molecule has 2 N–H and O–H groups in total. The van der Waals surface area contributed by atoms with E-state index in [0.29, 0.717) is 37.7 Å². The zero-order chi connectivity index (χ0) is 17.4. The summed E-state index contributed by atoms with van der Waals surface area (Å²) >= 11 is 4.74. The molecule has 1 aliphatic rings. The van der Waals surface area contributed by atoms with Crippen LogP contribution in [0.4, 0.5) is 0 Å². The predicted molar refractivity (Wildman–Crippen MR) is 91.5 cm³/mol. The molecule has 1 fully saturated rings. The highest BCUT2D eigenvalue weighted by molar-refractivity contribution is 7.80. The monoisotopic (exact) mass is 350 g/mol. The van der Waals surface area contributed by atoms with Gasteiger partial charge in [0.25, 0.3) is 11.8 Å². The zero-order valence-electron chi connectivity index (χ0n) is 13.2. The minimum atomic E-state index is -0.516. The third-order valence-corrected chi connectivity index (χ3v) is 3.27. The molecule has 0 saturated carbocycles. The molecule has 0 aliphatic carbocycles. The third kappa shape index (κ3) is 5.41. The first-order chi connectivity index (χ1) is 11.6. The molecule has 1 aromatic rings. The van der Waals surface area contributed by atoms with Crippen LogP contribution in [-0.4, -0.2) is 50.5 Å². The Morgan fingerprint density at radius 3 is 2.25 bits per heavy atom. The average molecular weight is 350 g/mol. The van der Waals surface area contributed by atoms with Crippen LogP contribution in [0.5, 0.6) is 5.75 Å². The van der Waals surface area contributed by atoms with Gasteiger partial charge in [0.2, 0.25) is 0 Å². The number of nitrogens with one attached hydrogen (secondary N) is 2. The Bertz CT molecular complexity index is 620. The van der Waals surface area contributed by atoms with Crippen molar-refractivity contribution >= 4 is 35.2 Å². The summed E-state index contributed by atoms with van der Waals surface area (Å²) in [5, 5.41) is 4.78. The molecule has 0 unspecified atom stereocenters. The van der Waals surface area contributed by atoms with Crippen molar-refractivity contribution in [3.05, 3.63) is 35.4 Å². The standard InChI is InChI=1S/C16H18N2O5S/c1-21-6-7-22-8-9-23-12-4-2-11(3-5-12)10-13-14(19)17-16(24)18-15(13)20/h2-5,10H,6-9H2,1H3,(H2,17,18,19,20,24). The Morgan fingerprint density at radius 1 is 1.00 bits per heavy atom. The molecule has 7 nitrogen and oxygen atoms in total. The number of thiocarbonyl (C=S) groups is 1. The lowest BCUT2D eigenvalue weighted by Crippen LogP contribution is -2.51. The normalized spacial score (nSPS) is 14.2. The van der Waals surface area contributed by atoms with Crippen LogP contribution in [0.1, 0.15) is 5.56 Å². The number of rotatable bonds is 8. The molecule has 2 amide bonds. The predicted octanol–water partition coefficient (Wildman–Crippen LogP) is 0.643. The molecule has 0 radical (unpaired) electrons. The Morgan fingerprint density at radius 2 is 1.62 bits per heavy atom. The lowest BCUT2D eigenvalue weighted by molar-refractivity contribution is -0.123. The molecule has 2 rings (SSSR count). The maximum atomic E-state index is 11.8. The van der Waals surface area contributed by atoms with Crippen LogP contribution >= 0.6 is 12.2 Å². The van der Waals surface area contributed by atoms with Gasteiger partial charge in [-0.1, -0.05) is 12.1 Å². The maximum absolute atomic E-state index is 11.8. The summed E-state index contributed by atoms with van der Waals surface area (Å²) < 4.78 is 15.7. The number of ether oxygens (including phenoxy) is 3. The lowest BCUT2D eigenvalue weighted by Gasteiger charge is -2.16. The van der Waals surface area contributed by atoms with Crippen LogP contribution in [0.15, 0.2) is 29.8 Å². The number of hydrogen-bond donors (Lipinski definition) is 2. The van der Waals surface area contributed by atoms with Crippen LogP contribution < -0.4 is 15.4 Å². The largest absolute Gasteiger partial charge is 0.491 e. The second kappa shape index (κ2) is 9.11. The van der Waals surface area contributed by atoms with E-state index in [-0.39, 0.29) is 10.7 Å². The van der Waals surface area contributed by atoms with E-state index in [2.05, 4.69) is 10.6 Å². The molecule has 24 heavy (non-hydrogen) atoms. The van der Waals surface area contributed by atoms with Crippen molar-refractivity contribution in [2.24, 2.45) is 0 Å². The van der Waals surface area contributed by atoms with Gasteiger partial charge in [0.05, 0.1) is 19.8 Å². The van der Waals surface area contributed by atoms with Gasteiger partial charge in [0.1, 0.15) is 17.9 Å². The van der Waals surface area contributed by atoms with E-state index in [1.54, 1.807) is 31.4 Å². The van der Waals surface area contributed by atoms with Crippen molar-refractivity contribution in [3.8, 4) is 5.75 Å². The molecule has 0 bridgehead atoms. The topological polar surface area (TPSA) is 85.9 Å². The van der Waals surface area contributed by atoms with E-state index in [1.165, 1.54) is 6.08 Å². The maximum Gasteiger partial charge on any atom is 0.263 e. The Hall–Kier alpha value is -2.29. The van der Waals surface area contributed by atoms with Crippen molar-refractivity contribution in [2.45, 2.75) is 0 Å². The van der Waals surface area contributed by atoms with Crippen molar-refractivity contribution in [2.75, 3.05) is 33.5 Å². The number of carbonyl (C=O) groups is 2. The first kappa shape index (κ1) is 18.1. The molecule has 128 valence electrons. The summed E-state index contributed by atoms with van der Waals surface area (Å²) in [5.74, 6) is -0.360. The smallest absolute Gasteiger partial charge is 0.263 e. The van der Waals surface area contributed by atoms with E-state index in [0.717, 1.165) is 0 Å². The molecule has 1 heterocycles. The summed E-state index contributed by atoms with van der Waals surface area (Å²) in [6.07, 6.45) is 1.49. The summed E-state index contributed by atoms with van der Waals surface area (Å²) in [5.41, 5.74) is 0.704. The highest BCUT2D eigenvalue weighted by atomic mass is 32.1. The Labute approximate surface area is 145 Å². The quantitative estimate of drug-likeness (QED) is 0.310. The molecule has 0 spiro atoms. The number of carbonyl (C=O) groups excluding carboxylic acids is 2. The Balaban J connectivity index is 1.87. The van der Waals surface area contributed by atoms with Crippen molar-refractivity contribution in [1.82, 2.24) is 10.6 Å². The molecule has 1 aliphatic heterocycles. The van der Waals surface area contributed by atoms with E-state index in [4.69, 9.17) is 26.4 Å². The van der Waals surface area contributed by atoms with Gasteiger partial charge in [-0.25, -0.2) is 0 Å². The van der Waals surface area contributed by atoms with Gasteiger partial charge in [-0.15, -0.1) is 0 Å². The van der Waals surface area contributed by atoms with Crippen molar-refractivity contribution in [1.29, 1.82) is 0 Å². The van der Waals surface area contributed by atoms with Gasteiger partial charge in [-0.05, 0) is 36.0 Å². The van der Waals surface area contributed by atoms with Crippen LogP contribution in [-0.2, 0) is 19.1 Å². The Kier molecular flexibility index (Phi) is 6.86. The van der Waals surface area contributed by atoms with Crippen molar-refractivity contribution < 1.29 is 23.8 Å². The minimum absolute atomic E-state index is 0.00353. The fourth-order valence-electron chi connectivity index (χ4n) is 1.90. The molecule has 1 aromatic carbocycles. The van der Waals surface area contributed by atoms with E-state index in [9.17, 15) is 9.59 Å². The fourth-order valence-corrected chi connectivity index (χ4v) is 2.08. The molecular weight excluding hydrogens is 332 g/mol. The molecule has 8 heteroatoms. The van der Waals surface area contributed by atoms with Gasteiger partial charge in [0, 0.05) is 7.11 Å². The number of amides is 2. The van der Waals surface area contributed by atoms with Crippen LogP contribution in [0, 0.1) is 0 Å². The molecule has 1 saturated heterocycles. The highest BCUT2D eigenvalue weighted by Crippen LogP contribution is 2.15. The van der Waals surface area contributed by atoms with E-state index < -0.39 is 11.8 Å². The van der Waals surface area contributed by atoms with Gasteiger partial charge in [-0.3, -0.25) is 20.2 Å². The number of hydrogen-bond acceptors (Lipinski definition) is 6. The van der Waals surface area contributed by atoms with Gasteiger partial charge < -0.3 is 14.2 Å². The van der Waals surface area contributed by atoms with Gasteiger partial charge in [-0.2, -0.15) is 0 Å². The van der Waals surface area contributed by atoms with Crippen molar-refractivity contribution in [3.63, 3.8) is 0 Å². The van der Waals surface area contributed by atoms with Crippen LogP contribution in [0.2, 0.25) is 0 Å². The first-order valence-electron chi connectivity index (χ1n) is 7.28. The molecule has 0 aromatic heterocycles. The number of methoxy groups -OCH3 is 1. The van der Waals surface area contributed by atoms with Gasteiger partial charge >= 0.3 is 0 Å². The average Bonchev–Trinajstić information content (AvgIpc) is 2.55. The summed E-state index contributed by atoms with van der Waals surface area (Å²) in [4.78, 5) is 23.5. The van der Waals surface area contributed by atoms with E-state index >= 15 is 0 Å². The second-order valence-electron chi connectivity index (χ2n) is 4.82. The summed E-state index contributed by atoms with van der Waals surface area (Å²) in [6, 6.07) is 7.01. The summed E-state index contributed by atoms with van der Waals surface area (Å²) in [7, 11) is 1.62. The third-order valence-electron chi connectivity index (χ3n) is 3.06. The summed E-state index contributed by atoms with van der Waals surface area (Å²) in [6.45, 7) is 1.97. The van der Waals surface area contributed by atoms with E-state index in [1.807, 2.05) is 0 Å². The van der Waals surface area contributed by atoms with Gasteiger partial charge in [0.15, 0.2) is 5.11 Å². The number of benzene rings is 1. The zero-order valence-corrected chi connectivity index (χ0v) is 14.0. The SMILES string of the molecule is COCCOCCOc1ccc(C=C2C(=O)NC(=S)NC2=O)cc1. The second-order valence-corrected chi connectivity index (χ2v) is 5.23. The molecular formula is C16H18N2O5S. The molecule has 0 atom stereocenters. The first-order valence-corrected chi connectivity index (χ1v) is 7.69. The fraction of sp³-hybridized carbons (Fsp3) is 0.312. The highest BCUT2D eigenvalue weighted by Gasteiger charge is 2.25.